The Hall–Kier alpha value is -0.0400. The van der Waals surface area contributed by atoms with Gasteiger partial charge in [-0.3, -0.25) is 0 Å². The first-order valence-corrected chi connectivity index (χ1v) is 5.63. The van der Waals surface area contributed by atoms with E-state index in [4.69, 9.17) is 5.11 Å². The van der Waals surface area contributed by atoms with Crippen LogP contribution < -0.4 is 0 Å². The topological polar surface area (TPSA) is 20.2 Å². The Bertz CT molecular complexity index is 209. The van der Waals surface area contributed by atoms with Crippen molar-refractivity contribution in [2.45, 2.75) is 46.5 Å². The molecule has 0 aromatic heterocycles. The molecular formula is C12H22O. The Morgan fingerprint density at radius 3 is 2.38 bits per heavy atom. The average molecular weight is 182 g/mol. The van der Waals surface area contributed by atoms with Gasteiger partial charge in [0.25, 0.3) is 0 Å². The summed E-state index contributed by atoms with van der Waals surface area (Å²) in [5, 5.41) is 9.04. The van der Waals surface area contributed by atoms with Gasteiger partial charge in [-0.2, -0.15) is 0 Å². The highest BCUT2D eigenvalue weighted by Gasteiger charge is 2.60. The number of aliphatic hydroxyl groups excluding tert-OH is 1. The molecule has 0 aromatic rings. The van der Waals surface area contributed by atoms with Crippen LogP contribution in [0.3, 0.4) is 0 Å². The molecule has 1 N–H and O–H groups in total. The molecule has 0 amide bonds. The molecule has 2 bridgehead atoms. The van der Waals surface area contributed by atoms with Crippen LogP contribution in [0.1, 0.15) is 46.5 Å². The lowest BCUT2D eigenvalue weighted by molar-refractivity contribution is 0.0852. The first kappa shape index (κ1) is 9.51. The van der Waals surface area contributed by atoms with Crippen molar-refractivity contribution in [1.29, 1.82) is 0 Å². The summed E-state index contributed by atoms with van der Waals surface area (Å²) in [6, 6.07) is 0. The molecular weight excluding hydrogens is 160 g/mol. The van der Waals surface area contributed by atoms with E-state index < -0.39 is 0 Å². The third-order valence-electron chi connectivity index (χ3n) is 5.45. The Labute approximate surface area is 81.5 Å². The van der Waals surface area contributed by atoms with E-state index in [1.54, 1.807) is 0 Å². The molecule has 0 unspecified atom stereocenters. The fourth-order valence-corrected chi connectivity index (χ4v) is 3.96. The minimum absolute atomic E-state index is 0.378. The monoisotopic (exact) mass is 182 g/mol. The molecule has 2 rings (SSSR count). The van der Waals surface area contributed by atoms with E-state index in [1.807, 2.05) is 0 Å². The third-order valence-corrected chi connectivity index (χ3v) is 5.45. The van der Waals surface area contributed by atoms with Crippen LogP contribution in [0.2, 0.25) is 0 Å². The summed E-state index contributed by atoms with van der Waals surface area (Å²) in [4.78, 5) is 0. The van der Waals surface area contributed by atoms with E-state index in [-0.39, 0.29) is 0 Å². The highest BCUT2D eigenvalue weighted by atomic mass is 16.3. The maximum atomic E-state index is 9.04. The lowest BCUT2D eigenvalue weighted by Crippen LogP contribution is -2.32. The Morgan fingerprint density at radius 2 is 2.00 bits per heavy atom. The second-order valence-corrected chi connectivity index (χ2v) is 5.82. The summed E-state index contributed by atoms with van der Waals surface area (Å²) >= 11 is 0. The second kappa shape index (κ2) is 2.73. The summed E-state index contributed by atoms with van der Waals surface area (Å²) in [7, 11) is 0. The molecule has 2 aliphatic carbocycles. The molecule has 0 spiro atoms. The molecule has 0 heterocycles. The van der Waals surface area contributed by atoms with Gasteiger partial charge in [0.2, 0.25) is 0 Å². The molecule has 76 valence electrons. The van der Waals surface area contributed by atoms with Crippen LogP contribution in [0.15, 0.2) is 0 Å². The zero-order valence-corrected chi connectivity index (χ0v) is 9.14. The predicted molar refractivity (Wildman–Crippen MR) is 54.4 cm³/mol. The van der Waals surface area contributed by atoms with Gasteiger partial charge in [-0.1, -0.05) is 20.8 Å². The van der Waals surface area contributed by atoms with Crippen LogP contribution in [0.5, 0.6) is 0 Å². The van der Waals surface area contributed by atoms with Gasteiger partial charge in [-0.15, -0.1) is 0 Å². The van der Waals surface area contributed by atoms with Crippen molar-refractivity contribution in [3.05, 3.63) is 0 Å². The lowest BCUT2D eigenvalue weighted by atomic mass is 9.66. The smallest absolute Gasteiger partial charge is 0.0433 e. The number of hydrogen-bond donors (Lipinski definition) is 1. The van der Waals surface area contributed by atoms with Crippen molar-refractivity contribution in [3.63, 3.8) is 0 Å². The Morgan fingerprint density at radius 1 is 1.31 bits per heavy atom. The highest BCUT2D eigenvalue weighted by Crippen LogP contribution is 2.68. The number of rotatable bonds is 2. The van der Waals surface area contributed by atoms with Crippen molar-refractivity contribution < 1.29 is 5.11 Å². The zero-order chi connectivity index (χ0) is 9.69. The summed E-state index contributed by atoms with van der Waals surface area (Å²) in [6.45, 7) is 7.69. The van der Waals surface area contributed by atoms with Crippen LogP contribution in [-0.2, 0) is 0 Å². The molecule has 0 radical (unpaired) electrons. The average Bonchev–Trinajstić information content (AvgIpc) is 2.37. The first-order chi connectivity index (χ1) is 6.02. The number of aliphatic hydroxyl groups is 1. The van der Waals surface area contributed by atoms with Crippen molar-refractivity contribution in [1.82, 2.24) is 0 Å². The minimum Gasteiger partial charge on any atom is -0.396 e. The van der Waals surface area contributed by atoms with E-state index >= 15 is 0 Å². The summed E-state index contributed by atoms with van der Waals surface area (Å²) in [5.74, 6) is 1.71. The molecule has 3 atom stereocenters. The van der Waals surface area contributed by atoms with Crippen LogP contribution in [0.25, 0.3) is 0 Å². The molecule has 2 fully saturated rings. The van der Waals surface area contributed by atoms with Crippen molar-refractivity contribution in [2.24, 2.45) is 22.7 Å². The Kier molecular flexibility index (Phi) is 1.99. The van der Waals surface area contributed by atoms with Gasteiger partial charge < -0.3 is 5.11 Å². The molecule has 2 aliphatic rings. The molecule has 2 saturated carbocycles. The van der Waals surface area contributed by atoms with Crippen LogP contribution >= 0.6 is 0 Å². The van der Waals surface area contributed by atoms with Gasteiger partial charge in [-0.05, 0) is 48.3 Å². The summed E-state index contributed by atoms with van der Waals surface area (Å²) < 4.78 is 0. The number of hydrogen-bond acceptors (Lipinski definition) is 1. The van der Waals surface area contributed by atoms with Crippen LogP contribution in [-0.4, -0.2) is 11.7 Å². The molecule has 0 aliphatic heterocycles. The predicted octanol–water partition coefficient (Wildman–Crippen LogP) is 2.83. The molecule has 0 aromatic carbocycles. The van der Waals surface area contributed by atoms with Gasteiger partial charge in [-0.25, -0.2) is 0 Å². The summed E-state index contributed by atoms with van der Waals surface area (Å²) in [5.41, 5.74) is 1.03. The lowest BCUT2D eigenvalue weighted by Gasteiger charge is -2.39. The first-order valence-electron chi connectivity index (χ1n) is 5.63. The fraction of sp³-hybridized carbons (Fsp3) is 1.00. The van der Waals surface area contributed by atoms with Crippen molar-refractivity contribution >= 4 is 0 Å². The van der Waals surface area contributed by atoms with Crippen molar-refractivity contribution in [3.8, 4) is 0 Å². The molecule has 1 heteroatoms. The van der Waals surface area contributed by atoms with Gasteiger partial charge in [0, 0.05) is 6.61 Å². The molecule has 0 saturated heterocycles. The normalized spacial score (nSPS) is 47.1. The third kappa shape index (κ3) is 1.03. The van der Waals surface area contributed by atoms with Gasteiger partial charge >= 0.3 is 0 Å². The quantitative estimate of drug-likeness (QED) is 0.696. The molecule has 13 heavy (non-hydrogen) atoms. The van der Waals surface area contributed by atoms with Crippen LogP contribution in [0, 0.1) is 22.7 Å². The van der Waals surface area contributed by atoms with Crippen molar-refractivity contribution in [2.75, 3.05) is 6.61 Å². The minimum atomic E-state index is 0.378. The fourth-order valence-electron chi connectivity index (χ4n) is 3.96. The zero-order valence-electron chi connectivity index (χ0n) is 9.14. The second-order valence-electron chi connectivity index (χ2n) is 5.82. The van der Waals surface area contributed by atoms with E-state index in [2.05, 4.69) is 20.8 Å². The van der Waals surface area contributed by atoms with Gasteiger partial charge in [0.05, 0.1) is 0 Å². The van der Waals surface area contributed by atoms with E-state index in [0.29, 0.717) is 17.4 Å². The van der Waals surface area contributed by atoms with E-state index in [1.165, 1.54) is 19.3 Å². The van der Waals surface area contributed by atoms with E-state index in [0.717, 1.165) is 18.3 Å². The van der Waals surface area contributed by atoms with E-state index in [9.17, 15) is 0 Å². The SMILES string of the molecule is CC1(C)[C@H]2CC[C@@]1(C)[C@H](CCO)C2. The standard InChI is InChI=1S/C12H22O/c1-11(2)9-4-6-12(11,3)10(8-9)5-7-13/h9-10,13H,4-8H2,1-3H3/t9-,10+,12-/m0/s1. The maximum Gasteiger partial charge on any atom is 0.0433 e. The Balaban J connectivity index is 2.22. The highest BCUT2D eigenvalue weighted by molar-refractivity contribution is 5.09. The van der Waals surface area contributed by atoms with Gasteiger partial charge in [0.15, 0.2) is 0 Å². The maximum absolute atomic E-state index is 9.04. The van der Waals surface area contributed by atoms with Crippen LogP contribution in [0.4, 0.5) is 0 Å². The summed E-state index contributed by atoms with van der Waals surface area (Å²) in [6.07, 6.45) is 5.20. The molecule has 1 nitrogen and oxygen atoms in total. The largest absolute Gasteiger partial charge is 0.396 e. The van der Waals surface area contributed by atoms with Gasteiger partial charge in [0.1, 0.15) is 0 Å². The number of fused-ring (bicyclic) bond motifs is 2.